The number of benzene rings is 1. The molecule has 3 aromatic rings. The number of aliphatic hydroxyl groups excluding tert-OH is 1. The molecule has 1 aromatic carbocycles. The minimum Gasteiger partial charge on any atom is -0.463 e. The van der Waals surface area contributed by atoms with Crippen LogP contribution in [0.4, 0.5) is 4.39 Å². The summed E-state index contributed by atoms with van der Waals surface area (Å²) in [4.78, 5) is 17.2. The number of sulfonamides is 1. The van der Waals surface area contributed by atoms with E-state index in [2.05, 4.69) is 10.1 Å². The lowest BCUT2D eigenvalue weighted by atomic mass is 9.69. The Bertz CT molecular complexity index is 1440. The summed E-state index contributed by atoms with van der Waals surface area (Å²) in [5.74, 6) is -0.981. The van der Waals surface area contributed by atoms with E-state index < -0.39 is 21.4 Å². The molecule has 2 aromatic heterocycles. The van der Waals surface area contributed by atoms with E-state index in [4.69, 9.17) is 16.3 Å². The van der Waals surface area contributed by atoms with E-state index in [0.29, 0.717) is 11.3 Å². The van der Waals surface area contributed by atoms with Crippen molar-refractivity contribution < 1.29 is 27.4 Å². The van der Waals surface area contributed by atoms with Crippen LogP contribution in [0, 0.1) is 11.2 Å². The Labute approximate surface area is 211 Å². The predicted molar refractivity (Wildman–Crippen MR) is 128 cm³/mol. The molecule has 9 nitrogen and oxygen atoms in total. The van der Waals surface area contributed by atoms with Crippen molar-refractivity contribution >= 4 is 33.7 Å². The fourth-order valence-corrected chi connectivity index (χ4v) is 6.28. The van der Waals surface area contributed by atoms with E-state index in [1.54, 1.807) is 23.0 Å². The minimum atomic E-state index is -3.97. The van der Waals surface area contributed by atoms with Gasteiger partial charge in [-0.2, -0.15) is 9.40 Å². The molecule has 0 radical (unpaired) electrons. The van der Waals surface area contributed by atoms with E-state index in [9.17, 15) is 22.7 Å². The SMILES string of the molecule is O=C(OCCO)C12Cc3cnn(-c4ccc(F)cc4)c3C=C1CCN(S(=O)(=O)c1ccc(Cl)nc1)C2. The number of fused-ring (bicyclic) bond motifs is 2. The highest BCUT2D eigenvalue weighted by Crippen LogP contribution is 2.46. The molecule has 188 valence electrons. The van der Waals surface area contributed by atoms with E-state index in [-0.39, 0.29) is 55.0 Å². The number of aromatic nitrogens is 3. The molecule has 1 N–H and O–H groups in total. The van der Waals surface area contributed by atoms with Crippen LogP contribution in [-0.2, 0) is 26.0 Å². The van der Waals surface area contributed by atoms with Crippen LogP contribution in [0.3, 0.4) is 0 Å². The Morgan fingerprint density at radius 1 is 1.19 bits per heavy atom. The molecule has 12 heteroatoms. The van der Waals surface area contributed by atoms with E-state index in [0.717, 1.165) is 11.3 Å². The molecule has 36 heavy (non-hydrogen) atoms. The third kappa shape index (κ3) is 4.21. The summed E-state index contributed by atoms with van der Waals surface area (Å²) in [6.45, 7) is -0.558. The van der Waals surface area contributed by atoms with Gasteiger partial charge >= 0.3 is 5.97 Å². The third-order valence-electron chi connectivity index (χ3n) is 6.51. The predicted octanol–water partition coefficient (Wildman–Crippen LogP) is 2.62. The summed E-state index contributed by atoms with van der Waals surface area (Å²) in [7, 11) is -3.97. The Kier molecular flexibility index (Phi) is 6.41. The van der Waals surface area contributed by atoms with Gasteiger partial charge in [-0.3, -0.25) is 4.79 Å². The average Bonchev–Trinajstić information content (AvgIpc) is 3.28. The molecule has 2 aliphatic rings. The monoisotopic (exact) mass is 532 g/mol. The van der Waals surface area contributed by atoms with Gasteiger partial charge in [-0.25, -0.2) is 22.5 Å². The van der Waals surface area contributed by atoms with Crippen LogP contribution < -0.4 is 0 Å². The highest BCUT2D eigenvalue weighted by atomic mass is 35.5. The fraction of sp³-hybridized carbons (Fsp3) is 0.292. The maximum absolute atomic E-state index is 13.4. The van der Waals surface area contributed by atoms with Crippen molar-refractivity contribution in [2.45, 2.75) is 17.7 Å². The first-order valence-corrected chi connectivity index (χ1v) is 13.0. The van der Waals surface area contributed by atoms with Gasteiger partial charge in [-0.05, 0) is 66.5 Å². The first kappa shape index (κ1) is 24.6. The summed E-state index contributed by atoms with van der Waals surface area (Å²) >= 11 is 5.82. The van der Waals surface area contributed by atoms with Gasteiger partial charge < -0.3 is 9.84 Å². The smallest absolute Gasteiger partial charge is 0.318 e. The van der Waals surface area contributed by atoms with Crippen molar-refractivity contribution in [3.05, 3.63) is 76.6 Å². The van der Waals surface area contributed by atoms with Crippen LogP contribution in [-0.4, -0.2) is 64.9 Å². The topological polar surface area (TPSA) is 115 Å². The molecule has 0 bridgehead atoms. The largest absolute Gasteiger partial charge is 0.463 e. The van der Waals surface area contributed by atoms with Crippen molar-refractivity contribution in [2.75, 3.05) is 26.3 Å². The van der Waals surface area contributed by atoms with Crippen LogP contribution in [0.2, 0.25) is 5.15 Å². The van der Waals surface area contributed by atoms with Crippen LogP contribution in [0.15, 0.2) is 59.3 Å². The number of piperidine rings is 1. The van der Waals surface area contributed by atoms with Crippen LogP contribution in [0.1, 0.15) is 17.7 Å². The second kappa shape index (κ2) is 9.40. The van der Waals surface area contributed by atoms with Crippen molar-refractivity contribution in [3.63, 3.8) is 0 Å². The van der Waals surface area contributed by atoms with Gasteiger partial charge in [0, 0.05) is 19.3 Å². The fourth-order valence-electron chi connectivity index (χ4n) is 4.72. The maximum Gasteiger partial charge on any atom is 0.318 e. The van der Waals surface area contributed by atoms with Crippen molar-refractivity contribution in [2.24, 2.45) is 5.41 Å². The van der Waals surface area contributed by atoms with Crippen molar-refractivity contribution in [3.8, 4) is 5.69 Å². The van der Waals surface area contributed by atoms with Crippen molar-refractivity contribution in [1.29, 1.82) is 0 Å². The molecular weight excluding hydrogens is 511 g/mol. The molecule has 0 spiro atoms. The zero-order chi connectivity index (χ0) is 25.5. The summed E-state index contributed by atoms with van der Waals surface area (Å²) in [6.07, 6.45) is 5.07. The lowest BCUT2D eigenvalue weighted by Gasteiger charge is -2.43. The quantitative estimate of drug-likeness (QED) is 0.383. The molecule has 1 atom stereocenters. The maximum atomic E-state index is 13.4. The molecular formula is C24H22ClFN4O5S. The number of nitrogens with zero attached hydrogens (tertiary/aromatic N) is 4. The number of esters is 1. The van der Waals surface area contributed by atoms with E-state index in [1.165, 1.54) is 34.8 Å². The first-order valence-electron chi connectivity index (χ1n) is 11.2. The summed E-state index contributed by atoms with van der Waals surface area (Å²) in [6, 6.07) is 8.65. The highest BCUT2D eigenvalue weighted by Gasteiger charge is 2.52. The minimum absolute atomic E-state index is 0.0289. The number of aliphatic hydroxyl groups is 1. The number of carbonyl (C=O) groups is 1. The van der Waals surface area contributed by atoms with Crippen LogP contribution in [0.25, 0.3) is 11.8 Å². The van der Waals surface area contributed by atoms with Crippen LogP contribution >= 0.6 is 11.6 Å². The van der Waals surface area contributed by atoms with Gasteiger partial charge in [0.15, 0.2) is 0 Å². The Morgan fingerprint density at radius 3 is 2.67 bits per heavy atom. The molecule has 1 aliphatic heterocycles. The van der Waals surface area contributed by atoms with E-state index >= 15 is 0 Å². The Balaban J connectivity index is 1.54. The highest BCUT2D eigenvalue weighted by molar-refractivity contribution is 7.89. The number of halogens is 2. The Hall–Kier alpha value is -3.12. The molecule has 1 fully saturated rings. The Morgan fingerprint density at radius 2 is 1.97 bits per heavy atom. The third-order valence-corrected chi connectivity index (χ3v) is 8.56. The summed E-state index contributed by atoms with van der Waals surface area (Å²) in [5.41, 5.74) is 1.53. The number of carbonyl (C=O) groups excluding carboxylic acids is 1. The molecule has 0 amide bonds. The van der Waals surface area contributed by atoms with Crippen molar-refractivity contribution in [1.82, 2.24) is 19.1 Å². The number of hydrogen-bond donors (Lipinski definition) is 1. The second-order valence-corrected chi connectivity index (χ2v) is 11.0. The van der Waals surface area contributed by atoms with Gasteiger partial charge in [-0.15, -0.1) is 0 Å². The standard InChI is InChI=1S/C24H22ClFN4O5S/c25-22-6-5-20(14-27-22)36(33,34)29-8-7-17-11-21-16(12-24(17,15-29)23(32)35-10-9-31)13-28-30(21)19-3-1-18(26)2-4-19/h1-6,11,13-14,31H,7-10,12,15H2. The summed E-state index contributed by atoms with van der Waals surface area (Å²) in [5, 5.41) is 13.8. The van der Waals surface area contributed by atoms with E-state index in [1.807, 2.05) is 6.08 Å². The average molecular weight is 533 g/mol. The molecule has 1 saturated heterocycles. The number of pyridine rings is 1. The zero-order valence-electron chi connectivity index (χ0n) is 19.0. The number of rotatable bonds is 6. The van der Waals surface area contributed by atoms with Crippen LogP contribution in [0.5, 0.6) is 0 Å². The van der Waals surface area contributed by atoms with Gasteiger partial charge in [-0.1, -0.05) is 11.6 Å². The molecule has 1 unspecified atom stereocenters. The zero-order valence-corrected chi connectivity index (χ0v) is 20.5. The van der Waals surface area contributed by atoms with Gasteiger partial charge in [0.05, 0.1) is 24.2 Å². The number of ether oxygens (including phenoxy) is 1. The molecule has 1 aliphatic carbocycles. The lowest BCUT2D eigenvalue weighted by molar-refractivity contribution is -0.156. The number of hydrogen-bond acceptors (Lipinski definition) is 7. The first-order chi connectivity index (χ1) is 17.2. The normalized spacial score (nSPS) is 19.8. The molecule has 3 heterocycles. The molecule has 5 rings (SSSR count). The lowest BCUT2D eigenvalue weighted by Crippen LogP contribution is -2.53. The van der Waals surface area contributed by atoms with Gasteiger partial charge in [0.2, 0.25) is 10.0 Å². The van der Waals surface area contributed by atoms with Gasteiger partial charge in [0.25, 0.3) is 0 Å². The molecule has 0 saturated carbocycles. The summed E-state index contributed by atoms with van der Waals surface area (Å²) < 4.78 is 48.5. The second-order valence-electron chi connectivity index (χ2n) is 8.64. The van der Waals surface area contributed by atoms with Gasteiger partial charge in [0.1, 0.15) is 27.9 Å².